The van der Waals surface area contributed by atoms with Gasteiger partial charge in [-0.25, -0.2) is 4.68 Å². The number of anilines is 1. The van der Waals surface area contributed by atoms with E-state index in [1.165, 1.54) is 0 Å². The maximum atomic E-state index is 11.1. The van der Waals surface area contributed by atoms with Gasteiger partial charge in [-0.15, -0.1) is 0 Å². The van der Waals surface area contributed by atoms with Gasteiger partial charge in [-0.2, -0.15) is 5.10 Å². The molecule has 4 N–H and O–H groups in total. The van der Waals surface area contributed by atoms with Gasteiger partial charge >= 0.3 is 0 Å². The Kier molecular flexibility index (Phi) is 2.36. The van der Waals surface area contributed by atoms with Crippen LogP contribution in [0.25, 0.3) is 5.69 Å². The number of carbonyl (C=O) groups is 1. The van der Waals surface area contributed by atoms with Crippen molar-refractivity contribution < 1.29 is 4.79 Å². The molecule has 1 aromatic carbocycles. The molecule has 0 atom stereocenters. The molecule has 5 nitrogen and oxygen atoms in total. The molecule has 0 saturated carbocycles. The fourth-order valence-electron chi connectivity index (χ4n) is 1.44. The molecule has 5 heteroatoms. The number of aryl methyl sites for hydroxylation is 1. The van der Waals surface area contributed by atoms with E-state index in [9.17, 15) is 4.79 Å². The predicted molar refractivity (Wildman–Crippen MR) is 61.2 cm³/mol. The van der Waals surface area contributed by atoms with Gasteiger partial charge in [0, 0.05) is 11.8 Å². The molecule has 0 unspecified atom stereocenters. The minimum atomic E-state index is -0.481. The summed E-state index contributed by atoms with van der Waals surface area (Å²) in [6.07, 6.45) is 1.78. The van der Waals surface area contributed by atoms with E-state index in [1.807, 2.05) is 13.0 Å². The molecule has 0 spiro atoms. The van der Waals surface area contributed by atoms with Gasteiger partial charge in [0.15, 0.2) is 0 Å². The lowest BCUT2D eigenvalue weighted by Gasteiger charge is -2.06. The van der Waals surface area contributed by atoms with E-state index in [1.54, 1.807) is 29.1 Å². The van der Waals surface area contributed by atoms with Gasteiger partial charge in [-0.05, 0) is 31.2 Å². The van der Waals surface area contributed by atoms with E-state index >= 15 is 0 Å². The molecular weight excluding hydrogens is 204 g/mol. The first-order chi connectivity index (χ1) is 7.58. The highest BCUT2D eigenvalue weighted by Gasteiger charge is 2.07. The number of hydrogen-bond donors (Lipinski definition) is 2. The van der Waals surface area contributed by atoms with Crippen molar-refractivity contribution in [2.24, 2.45) is 5.73 Å². The third-order valence-electron chi connectivity index (χ3n) is 2.28. The lowest BCUT2D eigenvalue weighted by atomic mass is 10.1. The fraction of sp³-hybridized carbons (Fsp3) is 0.0909. The summed E-state index contributed by atoms with van der Waals surface area (Å²) in [6, 6.07) is 6.73. The summed E-state index contributed by atoms with van der Waals surface area (Å²) >= 11 is 0. The summed E-state index contributed by atoms with van der Waals surface area (Å²) in [4.78, 5) is 11.1. The Labute approximate surface area is 92.7 Å². The van der Waals surface area contributed by atoms with Gasteiger partial charge in [-0.1, -0.05) is 0 Å². The third kappa shape index (κ3) is 1.75. The maximum absolute atomic E-state index is 11.1. The van der Waals surface area contributed by atoms with Crippen molar-refractivity contribution in [1.82, 2.24) is 9.78 Å². The molecule has 0 fully saturated rings. The third-order valence-corrected chi connectivity index (χ3v) is 2.28. The summed E-state index contributed by atoms with van der Waals surface area (Å²) in [7, 11) is 0. The van der Waals surface area contributed by atoms with Gasteiger partial charge in [0.2, 0.25) is 5.91 Å². The molecule has 0 bridgehead atoms. The molecule has 2 aromatic rings. The van der Waals surface area contributed by atoms with Crippen LogP contribution in [0.5, 0.6) is 0 Å². The van der Waals surface area contributed by atoms with E-state index in [4.69, 9.17) is 11.5 Å². The summed E-state index contributed by atoms with van der Waals surface area (Å²) in [5, 5.41) is 4.23. The van der Waals surface area contributed by atoms with E-state index in [2.05, 4.69) is 5.10 Å². The van der Waals surface area contributed by atoms with Crippen LogP contribution in [-0.4, -0.2) is 15.7 Å². The number of nitrogens with two attached hydrogens (primary N) is 2. The summed E-state index contributed by atoms with van der Waals surface area (Å²) in [5.41, 5.74) is 13.5. The minimum Gasteiger partial charge on any atom is -0.397 e. The molecule has 0 aliphatic rings. The average molecular weight is 216 g/mol. The predicted octanol–water partition coefficient (Wildman–Crippen LogP) is 0.862. The highest BCUT2D eigenvalue weighted by Crippen LogP contribution is 2.18. The highest BCUT2D eigenvalue weighted by molar-refractivity contribution is 5.94. The van der Waals surface area contributed by atoms with Crippen LogP contribution in [0.1, 0.15) is 16.1 Å². The maximum Gasteiger partial charge on any atom is 0.248 e. The van der Waals surface area contributed by atoms with Crippen LogP contribution in [0.4, 0.5) is 5.69 Å². The average Bonchev–Trinajstić information content (AvgIpc) is 2.65. The quantitative estimate of drug-likeness (QED) is 0.730. The second kappa shape index (κ2) is 3.69. The summed E-state index contributed by atoms with van der Waals surface area (Å²) < 4.78 is 1.62. The second-order valence-electron chi connectivity index (χ2n) is 3.54. The largest absolute Gasteiger partial charge is 0.397 e. The van der Waals surface area contributed by atoms with E-state index in [-0.39, 0.29) is 0 Å². The summed E-state index contributed by atoms with van der Waals surface area (Å²) in [6.45, 7) is 1.88. The number of amides is 1. The smallest absolute Gasteiger partial charge is 0.248 e. The lowest BCUT2D eigenvalue weighted by Crippen LogP contribution is -2.12. The van der Waals surface area contributed by atoms with E-state index in [0.29, 0.717) is 16.9 Å². The zero-order chi connectivity index (χ0) is 11.7. The van der Waals surface area contributed by atoms with Crippen molar-refractivity contribution in [2.75, 3.05) is 5.73 Å². The van der Waals surface area contributed by atoms with Crippen LogP contribution < -0.4 is 11.5 Å². The van der Waals surface area contributed by atoms with Crippen LogP contribution in [0.15, 0.2) is 30.5 Å². The number of aromatic nitrogens is 2. The molecule has 2 rings (SSSR count). The van der Waals surface area contributed by atoms with Crippen LogP contribution in [0.3, 0.4) is 0 Å². The van der Waals surface area contributed by atoms with Gasteiger partial charge in [0.05, 0.1) is 17.1 Å². The monoisotopic (exact) mass is 216 g/mol. The fourth-order valence-corrected chi connectivity index (χ4v) is 1.44. The van der Waals surface area contributed by atoms with Gasteiger partial charge in [0.1, 0.15) is 0 Å². The molecule has 0 aliphatic carbocycles. The Hall–Kier alpha value is -2.30. The zero-order valence-electron chi connectivity index (χ0n) is 8.84. The van der Waals surface area contributed by atoms with Crippen molar-refractivity contribution >= 4 is 11.6 Å². The van der Waals surface area contributed by atoms with E-state index in [0.717, 1.165) is 5.69 Å². The number of carbonyl (C=O) groups excluding carboxylic acids is 1. The molecule has 0 saturated heterocycles. The normalized spacial score (nSPS) is 10.3. The molecule has 1 aromatic heterocycles. The second-order valence-corrected chi connectivity index (χ2v) is 3.54. The standard InChI is InChI=1S/C11H12N4O/c1-7-4-5-15(14-7)10-6-8(11(13)16)2-3-9(10)12/h2-6H,12H2,1H3,(H2,13,16). The Morgan fingerprint density at radius 1 is 1.38 bits per heavy atom. The number of nitrogens with zero attached hydrogens (tertiary/aromatic N) is 2. The SMILES string of the molecule is Cc1ccn(-c2cc(C(N)=O)ccc2N)n1. The number of benzene rings is 1. The minimum absolute atomic E-state index is 0.414. The first-order valence-electron chi connectivity index (χ1n) is 4.80. The Morgan fingerprint density at radius 3 is 2.69 bits per heavy atom. The summed E-state index contributed by atoms with van der Waals surface area (Å²) in [5.74, 6) is -0.481. The van der Waals surface area contributed by atoms with E-state index < -0.39 is 5.91 Å². The van der Waals surface area contributed by atoms with Gasteiger partial charge < -0.3 is 11.5 Å². The Balaban J connectivity index is 2.55. The molecular formula is C11H12N4O. The van der Waals surface area contributed by atoms with Gasteiger partial charge in [-0.3, -0.25) is 4.79 Å². The zero-order valence-corrected chi connectivity index (χ0v) is 8.84. The number of nitrogen functional groups attached to an aromatic ring is 1. The van der Waals surface area contributed by atoms with Crippen molar-refractivity contribution in [2.45, 2.75) is 6.92 Å². The molecule has 1 heterocycles. The topological polar surface area (TPSA) is 86.9 Å². The number of primary amides is 1. The van der Waals surface area contributed by atoms with Crippen molar-refractivity contribution in [3.8, 4) is 5.69 Å². The number of hydrogen-bond acceptors (Lipinski definition) is 3. The van der Waals surface area contributed by atoms with Crippen LogP contribution in [-0.2, 0) is 0 Å². The molecule has 16 heavy (non-hydrogen) atoms. The van der Waals surface area contributed by atoms with Gasteiger partial charge in [0.25, 0.3) is 0 Å². The molecule has 0 aliphatic heterocycles. The molecule has 1 amide bonds. The first kappa shape index (κ1) is 10.2. The van der Waals surface area contributed by atoms with Crippen LogP contribution in [0, 0.1) is 6.92 Å². The van der Waals surface area contributed by atoms with Crippen molar-refractivity contribution in [3.63, 3.8) is 0 Å². The molecule has 82 valence electrons. The number of rotatable bonds is 2. The Bertz CT molecular complexity index is 545. The van der Waals surface area contributed by atoms with Crippen molar-refractivity contribution in [1.29, 1.82) is 0 Å². The first-order valence-corrected chi connectivity index (χ1v) is 4.80. The van der Waals surface area contributed by atoms with Crippen LogP contribution >= 0.6 is 0 Å². The lowest BCUT2D eigenvalue weighted by molar-refractivity contribution is 0.100. The van der Waals surface area contributed by atoms with Crippen molar-refractivity contribution in [3.05, 3.63) is 41.7 Å². The highest BCUT2D eigenvalue weighted by atomic mass is 16.1. The molecule has 0 radical (unpaired) electrons. The van der Waals surface area contributed by atoms with Crippen LogP contribution in [0.2, 0.25) is 0 Å². The Morgan fingerprint density at radius 2 is 2.12 bits per heavy atom.